The van der Waals surface area contributed by atoms with Crippen LogP contribution in [0.5, 0.6) is 0 Å². The minimum atomic E-state index is -3.96. The molecule has 182 valence electrons. The monoisotopic (exact) mass is 522 g/mol. The summed E-state index contributed by atoms with van der Waals surface area (Å²) >= 11 is 2.34. The smallest absolute Gasteiger partial charge is 0.392 e. The van der Waals surface area contributed by atoms with Crippen LogP contribution in [-0.4, -0.2) is 44.0 Å². The van der Waals surface area contributed by atoms with Gasteiger partial charge >= 0.3 is 7.60 Å². The van der Waals surface area contributed by atoms with Crippen LogP contribution in [0.25, 0.3) is 10.3 Å². The quantitative estimate of drug-likeness (QED) is 0.177. The number of thiazole rings is 1. The number of aliphatic hydroxyl groups is 1. The van der Waals surface area contributed by atoms with E-state index in [1.54, 1.807) is 12.1 Å². The van der Waals surface area contributed by atoms with E-state index in [0.29, 0.717) is 33.6 Å². The summed E-state index contributed by atoms with van der Waals surface area (Å²) in [7, 11) is -3.96. The molecule has 3 atom stereocenters. The SMILES string of the molecule is CC(C)C[C@H](CO)Nc1nc(SC(C)c2cccc(C#N)c2)nc2c1sc(=N)n2OP(C)(=O)O. The van der Waals surface area contributed by atoms with Gasteiger partial charge in [-0.1, -0.05) is 49.1 Å². The van der Waals surface area contributed by atoms with E-state index in [9.17, 15) is 19.8 Å². The molecular weight excluding hydrogens is 495 g/mol. The van der Waals surface area contributed by atoms with Crippen molar-refractivity contribution in [3.8, 4) is 6.07 Å². The van der Waals surface area contributed by atoms with Gasteiger partial charge < -0.3 is 19.9 Å². The second kappa shape index (κ2) is 10.9. The minimum absolute atomic E-state index is 0.110. The molecule has 1 aromatic carbocycles. The summed E-state index contributed by atoms with van der Waals surface area (Å²) in [6.07, 6.45) is 0.693. The maximum absolute atomic E-state index is 11.9. The van der Waals surface area contributed by atoms with E-state index in [2.05, 4.69) is 21.4 Å². The predicted molar refractivity (Wildman–Crippen MR) is 133 cm³/mol. The maximum atomic E-state index is 11.9. The lowest BCUT2D eigenvalue weighted by Crippen LogP contribution is -2.26. The Morgan fingerprint density at radius 1 is 1.38 bits per heavy atom. The van der Waals surface area contributed by atoms with Gasteiger partial charge in [-0.3, -0.25) is 5.41 Å². The molecule has 3 rings (SSSR count). The summed E-state index contributed by atoms with van der Waals surface area (Å²) in [4.78, 5) is 18.8. The van der Waals surface area contributed by atoms with Crippen LogP contribution in [0.4, 0.5) is 5.82 Å². The first-order valence-electron chi connectivity index (χ1n) is 10.5. The van der Waals surface area contributed by atoms with Gasteiger partial charge in [-0.2, -0.15) is 10.2 Å². The van der Waals surface area contributed by atoms with Crippen LogP contribution in [0.1, 0.15) is 43.6 Å². The van der Waals surface area contributed by atoms with Crippen molar-refractivity contribution in [3.05, 3.63) is 40.2 Å². The van der Waals surface area contributed by atoms with Gasteiger partial charge in [0.15, 0.2) is 16.6 Å². The molecule has 0 saturated carbocycles. The number of nitriles is 1. The Bertz CT molecular complexity index is 1310. The molecule has 0 amide bonds. The highest BCUT2D eigenvalue weighted by molar-refractivity contribution is 7.99. The minimum Gasteiger partial charge on any atom is -0.394 e. The van der Waals surface area contributed by atoms with Gasteiger partial charge in [0.2, 0.25) is 4.80 Å². The molecule has 2 heterocycles. The van der Waals surface area contributed by atoms with Crippen molar-refractivity contribution < 1.29 is 19.2 Å². The first kappa shape index (κ1) is 26.2. The fourth-order valence-electron chi connectivity index (χ4n) is 3.29. The lowest BCUT2D eigenvalue weighted by Gasteiger charge is -2.20. The Morgan fingerprint density at radius 3 is 2.74 bits per heavy atom. The Hall–Kier alpha value is -2.42. The molecule has 0 radical (unpaired) electrons. The molecule has 0 aliphatic rings. The number of nitrogens with zero attached hydrogens (tertiary/aromatic N) is 4. The number of fused-ring (bicyclic) bond motifs is 1. The molecule has 0 fully saturated rings. The molecule has 0 bridgehead atoms. The largest absolute Gasteiger partial charge is 0.394 e. The van der Waals surface area contributed by atoms with Gasteiger partial charge in [-0.15, -0.1) is 4.73 Å². The van der Waals surface area contributed by atoms with Crippen LogP contribution in [-0.2, 0) is 4.57 Å². The lowest BCUT2D eigenvalue weighted by molar-refractivity contribution is 0.235. The highest BCUT2D eigenvalue weighted by atomic mass is 32.2. The first-order valence-corrected chi connectivity index (χ1v) is 14.3. The zero-order chi connectivity index (χ0) is 25.0. The average molecular weight is 523 g/mol. The highest BCUT2D eigenvalue weighted by Gasteiger charge is 2.23. The van der Waals surface area contributed by atoms with Gasteiger partial charge in [0.1, 0.15) is 4.70 Å². The Labute approximate surface area is 205 Å². The van der Waals surface area contributed by atoms with E-state index >= 15 is 0 Å². The number of nitrogens with one attached hydrogen (secondary N) is 2. The number of hydrogen-bond acceptors (Lipinski definition) is 10. The standard InChI is InChI=1S/C21H27N6O4PS2/c1-12(2)8-16(11-28)24-18-17-19(27(20(23)34-17)31-32(4,29)30)26-21(25-18)33-13(3)15-7-5-6-14(9-15)10-22/h5-7,9,12-13,16,23,28H,8,11H2,1-4H3,(H,29,30)(H,24,25,26)/t13?,16-/m1/s1. The number of anilines is 1. The third kappa shape index (κ3) is 6.58. The molecule has 34 heavy (non-hydrogen) atoms. The molecule has 0 spiro atoms. The Kier molecular flexibility index (Phi) is 8.38. The maximum Gasteiger partial charge on any atom is 0.392 e. The van der Waals surface area contributed by atoms with Crippen molar-refractivity contribution in [2.75, 3.05) is 18.6 Å². The molecule has 2 unspecified atom stereocenters. The van der Waals surface area contributed by atoms with Crippen LogP contribution in [0.2, 0.25) is 0 Å². The fourth-order valence-corrected chi connectivity index (χ4v) is 5.51. The number of thioether (sulfide) groups is 1. The van der Waals surface area contributed by atoms with E-state index < -0.39 is 7.60 Å². The number of aliphatic hydroxyl groups excluding tert-OH is 1. The van der Waals surface area contributed by atoms with E-state index in [0.717, 1.165) is 28.3 Å². The van der Waals surface area contributed by atoms with E-state index in [-0.39, 0.29) is 28.3 Å². The summed E-state index contributed by atoms with van der Waals surface area (Å²) in [6.45, 7) is 6.98. The Morgan fingerprint density at radius 2 is 2.12 bits per heavy atom. The Balaban J connectivity index is 2.08. The number of benzene rings is 1. The zero-order valence-corrected chi connectivity index (χ0v) is 21.7. The summed E-state index contributed by atoms with van der Waals surface area (Å²) < 4.78 is 18.5. The molecule has 0 aliphatic heterocycles. The first-order chi connectivity index (χ1) is 16.0. The zero-order valence-electron chi connectivity index (χ0n) is 19.2. The van der Waals surface area contributed by atoms with E-state index in [1.807, 2.05) is 32.9 Å². The van der Waals surface area contributed by atoms with Crippen LogP contribution < -0.4 is 14.7 Å². The second-order valence-electron chi connectivity index (χ2n) is 8.24. The molecule has 13 heteroatoms. The van der Waals surface area contributed by atoms with Gasteiger partial charge in [-0.25, -0.2) is 9.55 Å². The van der Waals surface area contributed by atoms with Gasteiger partial charge in [-0.05, 0) is 37.0 Å². The number of hydrogen-bond donors (Lipinski definition) is 4. The van der Waals surface area contributed by atoms with Gasteiger partial charge in [0.25, 0.3) is 0 Å². The second-order valence-corrected chi connectivity index (χ2v) is 12.3. The van der Waals surface area contributed by atoms with Gasteiger partial charge in [0.05, 0.1) is 30.9 Å². The molecule has 0 aliphatic carbocycles. The van der Waals surface area contributed by atoms with Crippen molar-refractivity contribution in [2.45, 2.75) is 43.6 Å². The van der Waals surface area contributed by atoms with Crippen molar-refractivity contribution in [2.24, 2.45) is 5.92 Å². The molecule has 3 aromatic rings. The van der Waals surface area contributed by atoms with Crippen LogP contribution in [0, 0.1) is 22.7 Å². The molecule has 10 nitrogen and oxygen atoms in total. The summed E-state index contributed by atoms with van der Waals surface area (Å²) in [6, 6.07) is 9.11. The molecule has 2 aromatic heterocycles. The van der Waals surface area contributed by atoms with Crippen molar-refractivity contribution in [1.29, 1.82) is 10.7 Å². The van der Waals surface area contributed by atoms with Gasteiger partial charge in [0, 0.05) is 5.25 Å². The van der Waals surface area contributed by atoms with Crippen molar-refractivity contribution >= 4 is 46.9 Å². The third-order valence-electron chi connectivity index (χ3n) is 4.72. The fraction of sp³-hybridized carbons (Fsp3) is 0.429. The van der Waals surface area contributed by atoms with Crippen LogP contribution in [0.15, 0.2) is 29.4 Å². The van der Waals surface area contributed by atoms with Crippen molar-refractivity contribution in [3.63, 3.8) is 0 Å². The third-order valence-corrected chi connectivity index (χ3v) is 7.14. The predicted octanol–water partition coefficient (Wildman–Crippen LogP) is 3.76. The summed E-state index contributed by atoms with van der Waals surface area (Å²) in [5, 5.41) is 30.8. The van der Waals surface area contributed by atoms with Crippen LogP contribution >= 0.6 is 30.7 Å². The average Bonchev–Trinajstić information content (AvgIpc) is 3.07. The lowest BCUT2D eigenvalue weighted by atomic mass is 10.0. The van der Waals surface area contributed by atoms with E-state index in [4.69, 9.17) is 10.0 Å². The van der Waals surface area contributed by atoms with E-state index in [1.165, 1.54) is 11.8 Å². The molecule has 4 N–H and O–H groups in total. The summed E-state index contributed by atoms with van der Waals surface area (Å²) in [5.74, 6) is 0.738. The number of aromatic nitrogens is 3. The van der Waals surface area contributed by atoms with Crippen LogP contribution in [0.3, 0.4) is 0 Å². The topological polar surface area (TPSA) is 157 Å². The van der Waals surface area contributed by atoms with Crippen molar-refractivity contribution in [1.82, 2.24) is 14.7 Å². The number of rotatable bonds is 10. The normalized spacial score (nSPS) is 15.0. The molecule has 0 saturated heterocycles. The highest BCUT2D eigenvalue weighted by Crippen LogP contribution is 2.37. The molecular formula is C21H27N6O4PS2. The summed E-state index contributed by atoms with van der Waals surface area (Å²) in [5.41, 5.74) is 1.65.